The summed E-state index contributed by atoms with van der Waals surface area (Å²) in [5, 5.41) is 1.19. The number of nitrogens with zero attached hydrogens (tertiary/aromatic N) is 3. The van der Waals surface area contributed by atoms with Gasteiger partial charge in [0.05, 0.1) is 23.6 Å². The van der Waals surface area contributed by atoms with Gasteiger partial charge in [0.25, 0.3) is 6.48 Å². The van der Waals surface area contributed by atoms with E-state index >= 15 is 0 Å². The average Bonchev–Trinajstić information content (AvgIpc) is 3.11. The Hall–Kier alpha value is -2.02. The van der Waals surface area contributed by atoms with E-state index < -0.39 is 6.48 Å². The molecule has 148 valence electrons. The predicted octanol–water partition coefficient (Wildman–Crippen LogP) is 4.76. The summed E-state index contributed by atoms with van der Waals surface area (Å²) in [7, 11) is 0. The van der Waals surface area contributed by atoms with Crippen molar-refractivity contribution in [2.45, 2.75) is 53.6 Å². The van der Waals surface area contributed by atoms with Crippen LogP contribution in [0.4, 0.5) is 0 Å². The number of para-hydroxylation sites is 1. The van der Waals surface area contributed by atoms with Crippen LogP contribution >= 0.6 is 0 Å². The van der Waals surface area contributed by atoms with Crippen molar-refractivity contribution in [2.24, 2.45) is 0 Å². The third kappa shape index (κ3) is 5.99. The number of ether oxygens (including phenoxy) is 3. The molecule has 0 unspecified atom stereocenters. The maximum absolute atomic E-state index is 5.08. The second-order valence-electron chi connectivity index (χ2n) is 5.96. The summed E-state index contributed by atoms with van der Waals surface area (Å²) >= 11 is 0. The molecular weight excluding hydrogens is 342 g/mol. The molecule has 0 spiro atoms. The van der Waals surface area contributed by atoms with Crippen LogP contribution in [0.15, 0.2) is 36.8 Å². The molecule has 0 saturated carbocycles. The van der Waals surface area contributed by atoms with Crippen molar-refractivity contribution in [3.05, 3.63) is 36.8 Å². The molecule has 1 aromatic carbocycles. The molecule has 0 N–H and O–H groups in total. The first kappa shape index (κ1) is 21.3. The fourth-order valence-corrected chi connectivity index (χ4v) is 2.75. The molecule has 3 rings (SSSR count). The van der Waals surface area contributed by atoms with Gasteiger partial charge in [-0.3, -0.25) is 4.98 Å². The third-order valence-corrected chi connectivity index (χ3v) is 4.01. The van der Waals surface area contributed by atoms with Gasteiger partial charge in [-0.05, 0) is 33.3 Å². The number of aryl methyl sites for hydroxylation is 1. The SMILES string of the molecule is CCCCn1cnc2cnc3ccccc3c21.CCOC(OCC)OCC. The van der Waals surface area contributed by atoms with Gasteiger partial charge < -0.3 is 18.8 Å². The summed E-state index contributed by atoms with van der Waals surface area (Å²) in [4.78, 5) is 8.85. The topological polar surface area (TPSA) is 58.4 Å². The quantitative estimate of drug-likeness (QED) is 0.506. The number of hydrogen-bond acceptors (Lipinski definition) is 5. The van der Waals surface area contributed by atoms with Crippen molar-refractivity contribution in [1.82, 2.24) is 14.5 Å². The van der Waals surface area contributed by atoms with E-state index in [4.69, 9.17) is 14.2 Å². The highest BCUT2D eigenvalue weighted by atomic mass is 16.8. The Morgan fingerprint density at radius 1 is 0.889 bits per heavy atom. The zero-order chi connectivity index (χ0) is 19.5. The number of imidazole rings is 1. The van der Waals surface area contributed by atoms with Crippen LogP contribution in [0.25, 0.3) is 21.9 Å². The average molecular weight is 373 g/mol. The second-order valence-corrected chi connectivity index (χ2v) is 5.96. The minimum absolute atomic E-state index is 0.472. The lowest BCUT2D eigenvalue weighted by atomic mass is 10.2. The Balaban J connectivity index is 0.000000227. The molecule has 6 heteroatoms. The highest BCUT2D eigenvalue weighted by Crippen LogP contribution is 2.22. The summed E-state index contributed by atoms with van der Waals surface area (Å²) in [5.41, 5.74) is 3.24. The number of rotatable bonds is 9. The van der Waals surface area contributed by atoms with Crippen molar-refractivity contribution in [3.63, 3.8) is 0 Å². The molecule has 2 heterocycles. The maximum atomic E-state index is 5.08. The fourth-order valence-electron chi connectivity index (χ4n) is 2.75. The van der Waals surface area contributed by atoms with E-state index in [-0.39, 0.29) is 0 Å². The van der Waals surface area contributed by atoms with Gasteiger partial charge in [-0.1, -0.05) is 31.5 Å². The van der Waals surface area contributed by atoms with Crippen LogP contribution in [0.3, 0.4) is 0 Å². The molecule has 0 radical (unpaired) electrons. The van der Waals surface area contributed by atoms with Crippen LogP contribution in [0, 0.1) is 0 Å². The van der Waals surface area contributed by atoms with Gasteiger partial charge in [0.1, 0.15) is 5.52 Å². The smallest absolute Gasteiger partial charge is 0.271 e. The fraction of sp³-hybridized carbons (Fsp3) is 0.524. The van der Waals surface area contributed by atoms with Gasteiger partial charge in [-0.2, -0.15) is 0 Å². The largest absolute Gasteiger partial charge is 0.330 e. The summed E-state index contributed by atoms with van der Waals surface area (Å²) in [5.74, 6) is 0. The molecular formula is C21H31N3O3. The molecule has 3 aromatic rings. The molecule has 0 atom stereocenters. The van der Waals surface area contributed by atoms with Gasteiger partial charge >= 0.3 is 0 Å². The standard InChI is InChI=1S/C14H15N3.C7H16O3/c1-2-3-8-17-10-16-13-9-15-12-7-5-4-6-11(12)14(13)17;1-4-8-7(9-5-2)10-6-3/h4-7,9-10H,2-3,8H2,1H3;7H,4-6H2,1-3H3. The Labute approximate surface area is 161 Å². The van der Waals surface area contributed by atoms with Crippen molar-refractivity contribution < 1.29 is 14.2 Å². The van der Waals surface area contributed by atoms with Crippen molar-refractivity contribution in [2.75, 3.05) is 19.8 Å². The first-order valence-electron chi connectivity index (χ1n) is 9.78. The molecule has 0 saturated heterocycles. The number of aromatic nitrogens is 3. The van der Waals surface area contributed by atoms with E-state index in [0.29, 0.717) is 19.8 Å². The minimum atomic E-state index is -0.472. The Bertz CT molecular complexity index is 789. The number of fused-ring (bicyclic) bond motifs is 3. The molecule has 0 fully saturated rings. The molecule has 0 amide bonds. The van der Waals surface area contributed by atoms with Crippen molar-refractivity contribution in [3.8, 4) is 0 Å². The lowest BCUT2D eigenvalue weighted by molar-refractivity contribution is -0.282. The maximum Gasteiger partial charge on any atom is 0.271 e. The molecule has 6 nitrogen and oxygen atoms in total. The number of pyridine rings is 1. The number of hydrogen-bond donors (Lipinski definition) is 0. The van der Waals surface area contributed by atoms with Crippen LogP contribution in [0.2, 0.25) is 0 Å². The highest BCUT2D eigenvalue weighted by Gasteiger charge is 2.07. The van der Waals surface area contributed by atoms with Crippen LogP contribution in [-0.2, 0) is 20.8 Å². The van der Waals surface area contributed by atoms with Crippen LogP contribution in [-0.4, -0.2) is 40.8 Å². The van der Waals surface area contributed by atoms with Gasteiger partial charge in [0.2, 0.25) is 0 Å². The van der Waals surface area contributed by atoms with Crippen molar-refractivity contribution in [1.29, 1.82) is 0 Å². The van der Waals surface area contributed by atoms with Gasteiger partial charge in [0, 0.05) is 31.8 Å². The molecule has 2 aromatic heterocycles. The van der Waals surface area contributed by atoms with E-state index in [1.165, 1.54) is 23.7 Å². The number of benzene rings is 1. The summed E-state index contributed by atoms with van der Waals surface area (Å²) in [6.07, 6.45) is 6.17. The Kier molecular flexibility index (Phi) is 9.18. The van der Waals surface area contributed by atoms with E-state index in [1.807, 2.05) is 45.4 Å². The molecule has 0 aliphatic rings. The van der Waals surface area contributed by atoms with Crippen LogP contribution in [0.1, 0.15) is 40.5 Å². The minimum Gasteiger partial charge on any atom is -0.330 e. The lowest BCUT2D eigenvalue weighted by Gasteiger charge is -2.15. The summed E-state index contributed by atoms with van der Waals surface area (Å²) in [6.45, 7) is 10.3. The summed E-state index contributed by atoms with van der Waals surface area (Å²) < 4.78 is 17.5. The van der Waals surface area contributed by atoms with E-state index in [1.54, 1.807) is 0 Å². The van der Waals surface area contributed by atoms with Gasteiger partial charge in [-0.25, -0.2) is 4.98 Å². The second kappa shape index (κ2) is 11.6. The van der Waals surface area contributed by atoms with Gasteiger partial charge in [0.15, 0.2) is 0 Å². The Morgan fingerprint density at radius 2 is 1.56 bits per heavy atom. The van der Waals surface area contributed by atoms with E-state index in [0.717, 1.165) is 17.6 Å². The number of unbranched alkanes of at least 4 members (excludes halogenated alkanes) is 1. The first-order valence-corrected chi connectivity index (χ1v) is 9.78. The molecule has 0 aliphatic heterocycles. The van der Waals surface area contributed by atoms with Crippen molar-refractivity contribution >= 4 is 21.9 Å². The zero-order valence-electron chi connectivity index (χ0n) is 16.9. The van der Waals surface area contributed by atoms with E-state index in [2.05, 4.69) is 33.6 Å². The molecule has 0 aliphatic carbocycles. The molecule has 27 heavy (non-hydrogen) atoms. The molecule has 0 bridgehead atoms. The highest BCUT2D eigenvalue weighted by molar-refractivity contribution is 6.01. The third-order valence-electron chi connectivity index (χ3n) is 4.01. The first-order chi connectivity index (χ1) is 13.2. The lowest BCUT2D eigenvalue weighted by Crippen LogP contribution is -2.20. The zero-order valence-corrected chi connectivity index (χ0v) is 16.9. The Morgan fingerprint density at radius 3 is 2.19 bits per heavy atom. The van der Waals surface area contributed by atoms with Gasteiger partial charge in [-0.15, -0.1) is 0 Å². The van der Waals surface area contributed by atoms with Crippen LogP contribution < -0.4 is 0 Å². The normalized spacial score (nSPS) is 11.1. The van der Waals surface area contributed by atoms with E-state index in [9.17, 15) is 0 Å². The monoisotopic (exact) mass is 373 g/mol. The van der Waals surface area contributed by atoms with Crippen LogP contribution in [0.5, 0.6) is 0 Å². The predicted molar refractivity (Wildman–Crippen MR) is 109 cm³/mol. The summed E-state index contributed by atoms with van der Waals surface area (Å²) in [6, 6.07) is 8.25.